The van der Waals surface area contributed by atoms with Crippen LogP contribution in [0.4, 0.5) is 0 Å². The number of hydrogen-bond donors (Lipinski definition) is 1. The van der Waals surface area contributed by atoms with E-state index in [1.54, 1.807) is 14.2 Å². The van der Waals surface area contributed by atoms with Gasteiger partial charge in [0.15, 0.2) is 0 Å². The lowest BCUT2D eigenvalue weighted by Gasteiger charge is -2.34. The molecule has 98 valence electrons. The van der Waals surface area contributed by atoms with Gasteiger partial charge in [-0.15, -0.1) is 0 Å². The van der Waals surface area contributed by atoms with Crippen LogP contribution in [-0.4, -0.2) is 62.2 Å². The van der Waals surface area contributed by atoms with Gasteiger partial charge in [-0.2, -0.15) is 0 Å². The number of aliphatic hydroxyl groups excluding tert-OH is 1. The maximum Gasteiger partial charge on any atom is 0.0615 e. The third kappa shape index (κ3) is 6.43. The Morgan fingerprint density at radius 1 is 1.06 bits per heavy atom. The minimum absolute atomic E-state index is 0.269. The summed E-state index contributed by atoms with van der Waals surface area (Å²) in [4.78, 5) is 2.32. The lowest BCUT2D eigenvalue weighted by Crippen LogP contribution is -2.45. The second-order valence-corrected chi connectivity index (χ2v) is 4.47. The quantitative estimate of drug-likeness (QED) is 0.648. The van der Waals surface area contributed by atoms with E-state index in [-0.39, 0.29) is 6.10 Å². The Kier molecular flexibility index (Phi) is 8.84. The molecule has 0 saturated carbocycles. The number of methoxy groups -OCH3 is 2. The number of hydrogen-bond acceptors (Lipinski definition) is 4. The fourth-order valence-corrected chi connectivity index (χ4v) is 2.04. The summed E-state index contributed by atoms with van der Waals surface area (Å²) in [6.07, 6.45) is 0.507. The molecule has 0 fully saturated rings. The van der Waals surface area contributed by atoms with Gasteiger partial charge >= 0.3 is 0 Å². The van der Waals surface area contributed by atoms with Crippen LogP contribution in [0.2, 0.25) is 0 Å². The van der Waals surface area contributed by atoms with Crippen LogP contribution in [0.15, 0.2) is 0 Å². The fourth-order valence-electron chi connectivity index (χ4n) is 2.04. The van der Waals surface area contributed by atoms with Gasteiger partial charge in [-0.3, -0.25) is 4.90 Å². The van der Waals surface area contributed by atoms with Crippen LogP contribution in [0.25, 0.3) is 0 Å². The van der Waals surface area contributed by atoms with Gasteiger partial charge in [0, 0.05) is 32.8 Å². The van der Waals surface area contributed by atoms with E-state index >= 15 is 0 Å². The van der Waals surface area contributed by atoms with E-state index in [0.29, 0.717) is 25.3 Å². The molecule has 0 aromatic carbocycles. The van der Waals surface area contributed by atoms with E-state index in [1.165, 1.54) is 0 Å². The number of ether oxygens (including phenoxy) is 2. The summed E-state index contributed by atoms with van der Waals surface area (Å²) < 4.78 is 10.3. The second kappa shape index (κ2) is 8.93. The van der Waals surface area contributed by atoms with E-state index < -0.39 is 0 Å². The average molecular weight is 233 g/mol. The normalized spacial score (nSPS) is 17.4. The van der Waals surface area contributed by atoms with Crippen molar-refractivity contribution in [2.24, 2.45) is 0 Å². The van der Waals surface area contributed by atoms with Gasteiger partial charge in [0.05, 0.1) is 19.3 Å². The van der Waals surface area contributed by atoms with Gasteiger partial charge < -0.3 is 14.6 Å². The predicted molar refractivity (Wildman–Crippen MR) is 65.7 cm³/mol. The molecule has 0 aliphatic carbocycles. The summed E-state index contributed by atoms with van der Waals surface area (Å²) >= 11 is 0. The summed E-state index contributed by atoms with van der Waals surface area (Å²) in [5.74, 6) is 0. The maximum atomic E-state index is 9.42. The zero-order valence-electron chi connectivity index (χ0n) is 11.3. The molecule has 3 atom stereocenters. The van der Waals surface area contributed by atoms with E-state index in [4.69, 9.17) is 9.47 Å². The standard InChI is InChI=1S/C12H27NO3/c1-10(8-12(3)14)13(6-7-15-4)11(2)9-16-5/h10-12,14H,6-9H2,1-5H3. The van der Waals surface area contributed by atoms with Gasteiger partial charge in [-0.1, -0.05) is 0 Å². The van der Waals surface area contributed by atoms with Gasteiger partial charge in [0.1, 0.15) is 0 Å². The number of aliphatic hydroxyl groups is 1. The predicted octanol–water partition coefficient (Wildman–Crippen LogP) is 1.13. The number of nitrogens with zero attached hydrogens (tertiary/aromatic N) is 1. The molecule has 3 unspecified atom stereocenters. The molecule has 0 heterocycles. The van der Waals surface area contributed by atoms with Crippen LogP contribution < -0.4 is 0 Å². The first-order chi connectivity index (χ1) is 7.52. The summed E-state index contributed by atoms with van der Waals surface area (Å²) in [5, 5.41) is 9.42. The number of rotatable bonds is 9. The minimum Gasteiger partial charge on any atom is -0.393 e. The van der Waals surface area contributed by atoms with Crippen molar-refractivity contribution in [3.8, 4) is 0 Å². The molecule has 0 aliphatic rings. The first-order valence-electron chi connectivity index (χ1n) is 5.94. The zero-order valence-corrected chi connectivity index (χ0v) is 11.3. The van der Waals surface area contributed by atoms with Gasteiger partial charge in [0.25, 0.3) is 0 Å². The third-order valence-corrected chi connectivity index (χ3v) is 2.78. The van der Waals surface area contributed by atoms with Crippen LogP contribution >= 0.6 is 0 Å². The monoisotopic (exact) mass is 233 g/mol. The molecule has 0 amide bonds. The van der Waals surface area contributed by atoms with Crippen LogP contribution in [-0.2, 0) is 9.47 Å². The van der Waals surface area contributed by atoms with Crippen molar-refractivity contribution in [3.05, 3.63) is 0 Å². The van der Waals surface area contributed by atoms with Crippen LogP contribution in [0.1, 0.15) is 27.2 Å². The van der Waals surface area contributed by atoms with Crippen molar-refractivity contribution in [3.63, 3.8) is 0 Å². The van der Waals surface area contributed by atoms with Crippen molar-refractivity contribution in [1.82, 2.24) is 4.90 Å². The Labute approximate surface area is 99.5 Å². The van der Waals surface area contributed by atoms with E-state index in [1.807, 2.05) is 6.92 Å². The molecule has 0 spiro atoms. The Bertz CT molecular complexity index is 164. The largest absolute Gasteiger partial charge is 0.393 e. The average Bonchev–Trinajstić information content (AvgIpc) is 2.17. The van der Waals surface area contributed by atoms with Crippen molar-refractivity contribution < 1.29 is 14.6 Å². The van der Waals surface area contributed by atoms with Gasteiger partial charge in [0.2, 0.25) is 0 Å². The summed E-state index contributed by atoms with van der Waals surface area (Å²) in [5.41, 5.74) is 0. The van der Waals surface area contributed by atoms with Gasteiger partial charge in [-0.25, -0.2) is 0 Å². The molecule has 4 nitrogen and oxygen atoms in total. The fraction of sp³-hybridized carbons (Fsp3) is 1.00. The first kappa shape index (κ1) is 15.8. The van der Waals surface area contributed by atoms with E-state index in [9.17, 15) is 5.11 Å². The SMILES string of the molecule is COCCN(C(C)COC)C(C)CC(C)O. The third-order valence-electron chi connectivity index (χ3n) is 2.78. The van der Waals surface area contributed by atoms with Crippen LogP contribution in [0.5, 0.6) is 0 Å². The molecule has 4 heteroatoms. The Hall–Kier alpha value is -0.160. The Balaban J connectivity index is 4.26. The molecule has 0 bridgehead atoms. The molecule has 0 radical (unpaired) electrons. The van der Waals surface area contributed by atoms with Crippen molar-refractivity contribution in [1.29, 1.82) is 0 Å². The van der Waals surface area contributed by atoms with Crippen LogP contribution in [0.3, 0.4) is 0 Å². The molecule has 0 rings (SSSR count). The lowest BCUT2D eigenvalue weighted by molar-refractivity contribution is 0.0350. The zero-order chi connectivity index (χ0) is 12.6. The summed E-state index contributed by atoms with van der Waals surface area (Å²) in [6.45, 7) is 8.37. The van der Waals surface area contributed by atoms with Gasteiger partial charge in [-0.05, 0) is 27.2 Å². The highest BCUT2D eigenvalue weighted by Crippen LogP contribution is 2.11. The first-order valence-corrected chi connectivity index (χ1v) is 5.94. The summed E-state index contributed by atoms with van der Waals surface area (Å²) in [6, 6.07) is 0.675. The molecule has 0 saturated heterocycles. The summed E-state index contributed by atoms with van der Waals surface area (Å²) in [7, 11) is 3.42. The maximum absolute atomic E-state index is 9.42. The molecule has 0 aliphatic heterocycles. The highest BCUT2D eigenvalue weighted by atomic mass is 16.5. The Morgan fingerprint density at radius 3 is 2.12 bits per heavy atom. The lowest BCUT2D eigenvalue weighted by atomic mass is 10.1. The molecular formula is C12H27NO3. The molecule has 16 heavy (non-hydrogen) atoms. The molecule has 0 aromatic rings. The van der Waals surface area contributed by atoms with Crippen molar-refractivity contribution in [2.75, 3.05) is 34.0 Å². The molecule has 1 N–H and O–H groups in total. The molecular weight excluding hydrogens is 206 g/mol. The van der Waals surface area contributed by atoms with E-state index in [0.717, 1.165) is 13.0 Å². The van der Waals surface area contributed by atoms with Crippen molar-refractivity contribution >= 4 is 0 Å². The highest BCUT2D eigenvalue weighted by molar-refractivity contribution is 4.75. The van der Waals surface area contributed by atoms with E-state index in [2.05, 4.69) is 18.7 Å². The topological polar surface area (TPSA) is 41.9 Å². The van der Waals surface area contributed by atoms with Crippen molar-refractivity contribution in [2.45, 2.75) is 45.4 Å². The van der Waals surface area contributed by atoms with Crippen LogP contribution in [0, 0.1) is 0 Å². The smallest absolute Gasteiger partial charge is 0.0615 e. The minimum atomic E-state index is -0.269. The second-order valence-electron chi connectivity index (χ2n) is 4.47. The highest BCUT2D eigenvalue weighted by Gasteiger charge is 2.20. The molecule has 0 aromatic heterocycles. The Morgan fingerprint density at radius 2 is 1.69 bits per heavy atom.